The Labute approximate surface area is 171 Å². The Morgan fingerprint density at radius 1 is 1.33 bits per heavy atom. The molecule has 30 heavy (non-hydrogen) atoms. The van der Waals surface area contributed by atoms with Gasteiger partial charge in [-0.15, -0.1) is 6.58 Å². The summed E-state index contributed by atoms with van der Waals surface area (Å²) in [5.41, 5.74) is 2.33. The van der Waals surface area contributed by atoms with E-state index >= 15 is 0 Å². The third-order valence-electron chi connectivity index (χ3n) is 4.77. The summed E-state index contributed by atoms with van der Waals surface area (Å²) in [6.07, 6.45) is 6.61. The molecule has 0 saturated carbocycles. The molecule has 0 aliphatic heterocycles. The molecule has 0 atom stereocenters. The van der Waals surface area contributed by atoms with Gasteiger partial charge < -0.3 is 9.88 Å². The Kier molecular flexibility index (Phi) is 4.97. The van der Waals surface area contributed by atoms with E-state index in [1.807, 2.05) is 19.1 Å². The van der Waals surface area contributed by atoms with Gasteiger partial charge in [0.1, 0.15) is 16.8 Å². The number of carbonyl (C=O) groups excluding carboxylic acids is 1. The minimum atomic E-state index is -0.449. The molecule has 1 amide bonds. The number of nitrogens with zero attached hydrogens (tertiary/aromatic N) is 4. The summed E-state index contributed by atoms with van der Waals surface area (Å²) in [7, 11) is 0. The predicted molar refractivity (Wildman–Crippen MR) is 113 cm³/mol. The molecule has 150 valence electrons. The summed E-state index contributed by atoms with van der Waals surface area (Å²) in [6.45, 7) is 5.99. The second-order valence-corrected chi connectivity index (χ2v) is 6.94. The fraction of sp³-hybridized carbons (Fsp3) is 0.136. The van der Waals surface area contributed by atoms with Crippen molar-refractivity contribution in [1.29, 1.82) is 5.41 Å². The first-order valence-corrected chi connectivity index (χ1v) is 9.39. The lowest BCUT2D eigenvalue weighted by atomic mass is 10.1. The fourth-order valence-electron chi connectivity index (χ4n) is 3.30. The third kappa shape index (κ3) is 3.39. The molecule has 4 aromatic heterocycles. The molecule has 0 spiro atoms. The molecule has 0 aliphatic rings. The van der Waals surface area contributed by atoms with Crippen LogP contribution in [-0.2, 0) is 6.54 Å². The van der Waals surface area contributed by atoms with Crippen molar-refractivity contribution in [2.24, 2.45) is 0 Å². The minimum absolute atomic E-state index is 0.0312. The maximum Gasteiger partial charge on any atom is 0.267 e. The summed E-state index contributed by atoms with van der Waals surface area (Å²) in [4.78, 5) is 34.7. The Hall–Kier alpha value is -4.07. The fourth-order valence-corrected chi connectivity index (χ4v) is 3.30. The van der Waals surface area contributed by atoms with Crippen LogP contribution in [-0.4, -0.2) is 31.4 Å². The van der Waals surface area contributed by atoms with Gasteiger partial charge in [0.05, 0.1) is 17.5 Å². The van der Waals surface area contributed by atoms with Crippen molar-refractivity contribution in [1.82, 2.24) is 24.3 Å². The molecule has 0 saturated heterocycles. The van der Waals surface area contributed by atoms with E-state index in [1.54, 1.807) is 41.4 Å². The van der Waals surface area contributed by atoms with Crippen LogP contribution < -0.4 is 16.4 Å². The van der Waals surface area contributed by atoms with E-state index in [1.165, 1.54) is 10.5 Å². The van der Waals surface area contributed by atoms with E-state index in [0.29, 0.717) is 11.3 Å². The first-order valence-electron chi connectivity index (χ1n) is 9.39. The van der Waals surface area contributed by atoms with Gasteiger partial charge in [-0.3, -0.25) is 24.4 Å². The van der Waals surface area contributed by atoms with Crippen molar-refractivity contribution in [3.05, 3.63) is 94.1 Å². The number of nitrogens with one attached hydrogen (secondary N) is 2. The van der Waals surface area contributed by atoms with E-state index in [9.17, 15) is 9.59 Å². The number of rotatable bonds is 5. The average Bonchev–Trinajstić information content (AvgIpc) is 2.75. The first-order chi connectivity index (χ1) is 14.5. The van der Waals surface area contributed by atoms with Crippen LogP contribution >= 0.6 is 0 Å². The molecule has 8 heteroatoms. The van der Waals surface area contributed by atoms with Crippen LogP contribution in [0, 0.1) is 12.3 Å². The zero-order chi connectivity index (χ0) is 21.3. The summed E-state index contributed by atoms with van der Waals surface area (Å²) >= 11 is 0. The third-order valence-corrected chi connectivity index (χ3v) is 4.77. The molecular formula is C22H20N6O2. The molecule has 0 unspecified atom stereocenters. The van der Waals surface area contributed by atoms with Crippen LogP contribution in [0.2, 0.25) is 0 Å². The van der Waals surface area contributed by atoms with Crippen LogP contribution in [0.5, 0.6) is 0 Å². The molecule has 4 heterocycles. The molecule has 8 nitrogen and oxygen atoms in total. The van der Waals surface area contributed by atoms with Crippen molar-refractivity contribution in [2.45, 2.75) is 13.5 Å². The predicted octanol–water partition coefficient (Wildman–Crippen LogP) is 1.80. The monoisotopic (exact) mass is 400 g/mol. The summed E-state index contributed by atoms with van der Waals surface area (Å²) in [5, 5.41) is 11.6. The molecule has 4 rings (SSSR count). The number of aryl methyl sites for hydroxylation is 1. The van der Waals surface area contributed by atoms with Gasteiger partial charge >= 0.3 is 0 Å². The number of hydrogen-bond acceptors (Lipinski definition) is 5. The highest BCUT2D eigenvalue weighted by molar-refractivity contribution is 5.96. The van der Waals surface area contributed by atoms with Gasteiger partial charge in [0, 0.05) is 25.1 Å². The number of hydrogen-bond donors (Lipinski definition) is 2. The van der Waals surface area contributed by atoms with Crippen LogP contribution in [0.1, 0.15) is 21.5 Å². The topological polar surface area (TPSA) is 105 Å². The molecule has 0 radical (unpaired) electrons. The lowest BCUT2D eigenvalue weighted by Gasteiger charge is -2.15. The van der Waals surface area contributed by atoms with Gasteiger partial charge in [0.15, 0.2) is 0 Å². The van der Waals surface area contributed by atoms with Gasteiger partial charge in [-0.2, -0.15) is 0 Å². The Morgan fingerprint density at radius 3 is 2.90 bits per heavy atom. The van der Waals surface area contributed by atoms with Crippen molar-refractivity contribution in [3.63, 3.8) is 0 Å². The average molecular weight is 400 g/mol. The molecule has 0 aliphatic carbocycles. The van der Waals surface area contributed by atoms with E-state index in [4.69, 9.17) is 5.41 Å². The Balaban J connectivity index is 2.05. The Morgan fingerprint density at radius 2 is 2.17 bits per heavy atom. The zero-order valence-corrected chi connectivity index (χ0v) is 16.4. The molecule has 2 N–H and O–H groups in total. The van der Waals surface area contributed by atoms with Gasteiger partial charge in [0.25, 0.3) is 11.5 Å². The van der Waals surface area contributed by atoms with Gasteiger partial charge in [-0.25, -0.2) is 4.98 Å². The lowest BCUT2D eigenvalue weighted by Crippen LogP contribution is -2.35. The normalized spacial score (nSPS) is 11.0. The quantitative estimate of drug-likeness (QED) is 0.394. The molecule has 0 aromatic carbocycles. The van der Waals surface area contributed by atoms with Gasteiger partial charge in [-0.05, 0) is 36.2 Å². The van der Waals surface area contributed by atoms with E-state index < -0.39 is 5.91 Å². The van der Waals surface area contributed by atoms with Crippen LogP contribution in [0.3, 0.4) is 0 Å². The van der Waals surface area contributed by atoms with Crippen molar-refractivity contribution in [3.8, 4) is 0 Å². The maximum atomic E-state index is 13.2. The van der Waals surface area contributed by atoms with Crippen molar-refractivity contribution >= 4 is 22.6 Å². The highest BCUT2D eigenvalue weighted by atomic mass is 16.1. The number of amides is 1. The summed E-state index contributed by atoms with van der Waals surface area (Å²) in [5.74, 6) is -0.449. The van der Waals surface area contributed by atoms with E-state index in [-0.39, 0.29) is 35.1 Å². The summed E-state index contributed by atoms with van der Waals surface area (Å²) in [6, 6.07) is 8.74. The first kappa shape index (κ1) is 19.3. The zero-order valence-electron chi connectivity index (χ0n) is 16.4. The second kappa shape index (κ2) is 7.75. The number of fused-ring (bicyclic) bond motifs is 2. The van der Waals surface area contributed by atoms with Crippen molar-refractivity contribution in [2.75, 3.05) is 6.54 Å². The van der Waals surface area contributed by atoms with E-state index in [0.717, 1.165) is 11.1 Å². The largest absolute Gasteiger partial charge is 0.348 e. The van der Waals surface area contributed by atoms with Crippen LogP contribution in [0.25, 0.3) is 16.7 Å². The molecular weight excluding hydrogens is 380 g/mol. The van der Waals surface area contributed by atoms with Gasteiger partial charge in [-0.1, -0.05) is 18.2 Å². The SMILES string of the molecule is C=CCNC(=O)c1cc2c(=O)n3cc(C)ccc3nc2n(Cc2cccnc2)c1=N. The van der Waals surface area contributed by atoms with Crippen LogP contribution in [0.15, 0.2) is 66.4 Å². The Bertz CT molecular complexity index is 1400. The maximum absolute atomic E-state index is 13.2. The van der Waals surface area contributed by atoms with E-state index in [2.05, 4.69) is 21.9 Å². The standard InChI is InChI=1S/C22H20N6O2/c1-3-8-25-21(29)16-10-17-20(26-18-7-6-14(2)12-27(18)22(17)30)28(19(16)23)13-15-5-4-9-24-11-15/h3-7,9-12,23H,1,8,13H2,2H3,(H,25,29). The molecule has 0 bridgehead atoms. The van der Waals surface area contributed by atoms with Crippen molar-refractivity contribution < 1.29 is 4.79 Å². The molecule has 0 fully saturated rings. The highest BCUT2D eigenvalue weighted by Gasteiger charge is 2.17. The highest BCUT2D eigenvalue weighted by Crippen LogP contribution is 2.13. The number of pyridine rings is 3. The van der Waals surface area contributed by atoms with Gasteiger partial charge in [0.2, 0.25) is 0 Å². The summed E-state index contributed by atoms with van der Waals surface area (Å²) < 4.78 is 3.03. The molecule has 4 aromatic rings. The van der Waals surface area contributed by atoms with Crippen LogP contribution in [0.4, 0.5) is 0 Å². The smallest absolute Gasteiger partial charge is 0.267 e. The second-order valence-electron chi connectivity index (χ2n) is 6.94. The number of aromatic nitrogens is 4. The minimum Gasteiger partial charge on any atom is -0.348 e. The number of carbonyl (C=O) groups is 1. The lowest BCUT2D eigenvalue weighted by molar-refractivity contribution is 0.0955.